The summed E-state index contributed by atoms with van der Waals surface area (Å²) in [6.45, 7) is 1.73. The number of benzene rings is 1. The lowest BCUT2D eigenvalue weighted by atomic mass is 10.1. The minimum Gasteiger partial charge on any atom is -0.393 e. The SMILES string of the molecule is C[C@@H](O)CCc1cccc(F)c1Br. The van der Waals surface area contributed by atoms with Crippen LogP contribution in [0.25, 0.3) is 0 Å². The molecule has 13 heavy (non-hydrogen) atoms. The Morgan fingerprint density at radius 1 is 1.54 bits per heavy atom. The lowest BCUT2D eigenvalue weighted by Crippen LogP contribution is -2.02. The zero-order valence-corrected chi connectivity index (χ0v) is 9.01. The van der Waals surface area contributed by atoms with Crippen LogP contribution in [0.1, 0.15) is 18.9 Å². The van der Waals surface area contributed by atoms with E-state index in [1.807, 2.05) is 6.07 Å². The van der Waals surface area contributed by atoms with Gasteiger partial charge in [-0.1, -0.05) is 12.1 Å². The lowest BCUT2D eigenvalue weighted by molar-refractivity contribution is 0.185. The molecule has 0 bridgehead atoms. The highest BCUT2D eigenvalue weighted by molar-refractivity contribution is 9.10. The van der Waals surface area contributed by atoms with Crippen LogP contribution in [0, 0.1) is 5.82 Å². The van der Waals surface area contributed by atoms with E-state index < -0.39 is 0 Å². The van der Waals surface area contributed by atoms with Crippen LogP contribution < -0.4 is 0 Å². The highest BCUT2D eigenvalue weighted by atomic mass is 79.9. The van der Waals surface area contributed by atoms with Crippen molar-refractivity contribution in [1.82, 2.24) is 0 Å². The highest BCUT2D eigenvalue weighted by Gasteiger charge is 2.05. The van der Waals surface area contributed by atoms with Crippen molar-refractivity contribution in [2.45, 2.75) is 25.9 Å². The molecule has 3 heteroatoms. The highest BCUT2D eigenvalue weighted by Crippen LogP contribution is 2.21. The molecule has 0 aliphatic heterocycles. The summed E-state index contributed by atoms with van der Waals surface area (Å²) in [5, 5.41) is 9.06. The van der Waals surface area contributed by atoms with Gasteiger partial charge in [0.15, 0.2) is 0 Å². The molecule has 1 N–H and O–H groups in total. The molecule has 0 spiro atoms. The van der Waals surface area contributed by atoms with E-state index in [2.05, 4.69) is 15.9 Å². The van der Waals surface area contributed by atoms with E-state index in [1.165, 1.54) is 6.07 Å². The van der Waals surface area contributed by atoms with Gasteiger partial charge < -0.3 is 5.11 Å². The van der Waals surface area contributed by atoms with Crippen molar-refractivity contribution < 1.29 is 9.50 Å². The van der Waals surface area contributed by atoms with Gasteiger partial charge in [-0.05, 0) is 47.3 Å². The second-order valence-electron chi connectivity index (χ2n) is 3.10. The van der Waals surface area contributed by atoms with Crippen LogP contribution in [0.2, 0.25) is 0 Å². The van der Waals surface area contributed by atoms with Crippen molar-refractivity contribution >= 4 is 15.9 Å². The second-order valence-corrected chi connectivity index (χ2v) is 3.89. The third kappa shape index (κ3) is 3.08. The van der Waals surface area contributed by atoms with Gasteiger partial charge in [0.1, 0.15) is 5.82 Å². The molecule has 0 aliphatic carbocycles. The first-order valence-corrected chi connectivity index (χ1v) is 5.01. The smallest absolute Gasteiger partial charge is 0.137 e. The summed E-state index contributed by atoms with van der Waals surface area (Å²) in [6.07, 6.45) is 1.01. The maximum absolute atomic E-state index is 13.0. The maximum atomic E-state index is 13.0. The Bertz CT molecular complexity index is 286. The van der Waals surface area contributed by atoms with Crippen molar-refractivity contribution in [3.8, 4) is 0 Å². The minimum atomic E-state index is -0.338. The fourth-order valence-electron chi connectivity index (χ4n) is 1.11. The van der Waals surface area contributed by atoms with Crippen molar-refractivity contribution in [2.24, 2.45) is 0 Å². The van der Waals surface area contributed by atoms with Gasteiger partial charge >= 0.3 is 0 Å². The molecular formula is C10H12BrFO. The average molecular weight is 247 g/mol. The Hall–Kier alpha value is -0.410. The van der Waals surface area contributed by atoms with Gasteiger partial charge in [0.25, 0.3) is 0 Å². The normalized spacial score (nSPS) is 12.9. The zero-order valence-electron chi connectivity index (χ0n) is 7.43. The lowest BCUT2D eigenvalue weighted by Gasteiger charge is -2.06. The Labute approximate surface area is 85.7 Å². The summed E-state index contributed by atoms with van der Waals surface area (Å²) in [5.74, 6) is -0.247. The van der Waals surface area contributed by atoms with Crippen molar-refractivity contribution in [3.63, 3.8) is 0 Å². The predicted molar refractivity (Wildman–Crippen MR) is 54.1 cm³/mol. The fourth-order valence-corrected chi connectivity index (χ4v) is 1.57. The summed E-state index contributed by atoms with van der Waals surface area (Å²) in [6, 6.07) is 4.95. The number of hydrogen-bond acceptors (Lipinski definition) is 1. The minimum absolute atomic E-state index is 0.247. The topological polar surface area (TPSA) is 20.2 Å². The number of hydrogen-bond donors (Lipinski definition) is 1. The number of rotatable bonds is 3. The Kier molecular flexibility index (Phi) is 3.88. The molecule has 0 unspecified atom stereocenters. The molecule has 0 radical (unpaired) electrons. The number of aliphatic hydroxyl groups is 1. The van der Waals surface area contributed by atoms with Gasteiger partial charge in [-0.2, -0.15) is 0 Å². The second kappa shape index (κ2) is 4.72. The molecule has 1 rings (SSSR count). The van der Waals surface area contributed by atoms with Gasteiger partial charge in [0.05, 0.1) is 10.6 Å². The first-order chi connectivity index (χ1) is 6.11. The molecule has 72 valence electrons. The van der Waals surface area contributed by atoms with Crippen molar-refractivity contribution in [2.75, 3.05) is 0 Å². The quantitative estimate of drug-likeness (QED) is 0.870. The molecule has 0 aromatic heterocycles. The van der Waals surface area contributed by atoms with Gasteiger partial charge in [0, 0.05) is 0 Å². The fraction of sp³-hybridized carbons (Fsp3) is 0.400. The van der Waals surface area contributed by atoms with Crippen LogP contribution in [0.15, 0.2) is 22.7 Å². The third-order valence-corrected chi connectivity index (χ3v) is 2.75. The van der Waals surface area contributed by atoms with Crippen LogP contribution in [-0.2, 0) is 6.42 Å². The van der Waals surface area contributed by atoms with E-state index in [9.17, 15) is 4.39 Å². The number of halogens is 2. The summed E-state index contributed by atoms with van der Waals surface area (Å²) in [4.78, 5) is 0. The zero-order chi connectivity index (χ0) is 9.84. The van der Waals surface area contributed by atoms with Gasteiger partial charge in [-0.25, -0.2) is 4.39 Å². The first kappa shape index (κ1) is 10.7. The molecule has 1 nitrogen and oxygen atoms in total. The van der Waals surface area contributed by atoms with Crippen LogP contribution in [0.3, 0.4) is 0 Å². The van der Waals surface area contributed by atoms with E-state index in [4.69, 9.17) is 5.11 Å². The van der Waals surface area contributed by atoms with Gasteiger partial charge in [0.2, 0.25) is 0 Å². The summed E-state index contributed by atoms with van der Waals surface area (Å²) in [7, 11) is 0. The Morgan fingerprint density at radius 3 is 2.85 bits per heavy atom. The van der Waals surface area contributed by atoms with Gasteiger partial charge in [-0.3, -0.25) is 0 Å². The molecule has 1 atom stereocenters. The molecule has 1 aromatic rings. The Morgan fingerprint density at radius 2 is 2.23 bits per heavy atom. The molecular weight excluding hydrogens is 235 g/mol. The van der Waals surface area contributed by atoms with E-state index >= 15 is 0 Å². The van der Waals surface area contributed by atoms with Crippen LogP contribution in [-0.4, -0.2) is 11.2 Å². The molecule has 0 aliphatic rings. The van der Waals surface area contributed by atoms with E-state index in [1.54, 1.807) is 13.0 Å². The van der Waals surface area contributed by atoms with Crippen LogP contribution in [0.4, 0.5) is 4.39 Å². The van der Waals surface area contributed by atoms with E-state index in [0.29, 0.717) is 17.3 Å². The monoisotopic (exact) mass is 246 g/mol. The molecule has 1 aromatic carbocycles. The summed E-state index contributed by atoms with van der Waals surface area (Å²) >= 11 is 3.17. The van der Waals surface area contributed by atoms with Crippen LogP contribution >= 0.6 is 15.9 Å². The summed E-state index contributed by atoms with van der Waals surface area (Å²) < 4.78 is 13.5. The maximum Gasteiger partial charge on any atom is 0.137 e. The van der Waals surface area contributed by atoms with Gasteiger partial charge in [-0.15, -0.1) is 0 Å². The third-order valence-electron chi connectivity index (χ3n) is 1.86. The average Bonchev–Trinajstić information content (AvgIpc) is 2.07. The Balaban J connectivity index is 2.71. The number of aliphatic hydroxyl groups excluding tert-OH is 1. The van der Waals surface area contributed by atoms with E-state index in [-0.39, 0.29) is 11.9 Å². The molecule has 0 fully saturated rings. The van der Waals surface area contributed by atoms with Crippen LogP contribution in [0.5, 0.6) is 0 Å². The number of aryl methyl sites for hydroxylation is 1. The molecule has 0 saturated heterocycles. The predicted octanol–water partition coefficient (Wildman–Crippen LogP) is 2.90. The standard InChI is InChI=1S/C10H12BrFO/c1-7(13)5-6-8-3-2-4-9(12)10(8)11/h2-4,7,13H,5-6H2,1H3/t7-/m1/s1. The molecule has 0 amide bonds. The first-order valence-electron chi connectivity index (χ1n) is 4.22. The molecule has 0 saturated carbocycles. The van der Waals surface area contributed by atoms with Crippen molar-refractivity contribution in [1.29, 1.82) is 0 Å². The largest absolute Gasteiger partial charge is 0.393 e. The van der Waals surface area contributed by atoms with E-state index in [0.717, 1.165) is 5.56 Å². The van der Waals surface area contributed by atoms with Crippen molar-refractivity contribution in [3.05, 3.63) is 34.1 Å². The summed E-state index contributed by atoms with van der Waals surface area (Å²) in [5.41, 5.74) is 0.904. The molecule has 0 heterocycles.